The molecule has 1 saturated heterocycles. The first-order valence-electron chi connectivity index (χ1n) is 6.04. The molecule has 1 heterocycles. The number of hydrogen-bond acceptors (Lipinski definition) is 2. The molecule has 0 aliphatic carbocycles. The number of amides is 1. The van der Waals surface area contributed by atoms with Crippen LogP contribution in [0.2, 0.25) is 5.02 Å². The third-order valence-electron chi connectivity index (χ3n) is 3.22. The van der Waals surface area contributed by atoms with Crippen LogP contribution in [0.15, 0.2) is 18.2 Å². The van der Waals surface area contributed by atoms with E-state index >= 15 is 0 Å². The van der Waals surface area contributed by atoms with Gasteiger partial charge in [0.05, 0.1) is 12.0 Å². The molecular weight excluding hydrogens is 290 g/mol. The molecule has 1 aliphatic rings. The minimum atomic E-state index is -0.373. The molecule has 1 aliphatic heterocycles. The highest BCUT2D eigenvalue weighted by Gasteiger charge is 2.24. The predicted molar refractivity (Wildman–Crippen MR) is 76.2 cm³/mol. The van der Waals surface area contributed by atoms with E-state index in [1.165, 1.54) is 12.1 Å². The van der Waals surface area contributed by atoms with Gasteiger partial charge in [0.2, 0.25) is 5.91 Å². The maximum Gasteiger partial charge on any atom is 0.224 e. The summed E-state index contributed by atoms with van der Waals surface area (Å²) in [6, 6.07) is 4.00. The van der Waals surface area contributed by atoms with Gasteiger partial charge >= 0.3 is 0 Å². The fourth-order valence-electron chi connectivity index (χ4n) is 2.14. The van der Waals surface area contributed by atoms with E-state index in [0.717, 1.165) is 25.1 Å². The second-order valence-electron chi connectivity index (χ2n) is 4.59. The zero-order chi connectivity index (χ0) is 13.1. The van der Waals surface area contributed by atoms with E-state index < -0.39 is 0 Å². The Balaban J connectivity index is 0.00000180. The van der Waals surface area contributed by atoms with E-state index in [2.05, 4.69) is 10.6 Å². The van der Waals surface area contributed by atoms with Crippen molar-refractivity contribution in [3.63, 3.8) is 0 Å². The first kappa shape index (κ1) is 16.2. The van der Waals surface area contributed by atoms with Crippen molar-refractivity contribution in [2.45, 2.75) is 19.4 Å². The number of carbonyl (C=O) groups excluding carboxylic acids is 1. The maximum atomic E-state index is 12.9. The van der Waals surface area contributed by atoms with Gasteiger partial charge in [-0.15, -0.1) is 12.4 Å². The van der Waals surface area contributed by atoms with Gasteiger partial charge in [-0.3, -0.25) is 4.79 Å². The third-order valence-corrected chi connectivity index (χ3v) is 3.55. The molecular formula is C13H17Cl2FN2O. The molecule has 0 aromatic heterocycles. The summed E-state index contributed by atoms with van der Waals surface area (Å²) in [5, 5.41) is 6.40. The van der Waals surface area contributed by atoms with Crippen molar-refractivity contribution in [2.75, 3.05) is 13.1 Å². The van der Waals surface area contributed by atoms with Crippen LogP contribution in [0.25, 0.3) is 0 Å². The lowest BCUT2D eigenvalue weighted by Crippen LogP contribution is -2.33. The van der Waals surface area contributed by atoms with E-state index in [9.17, 15) is 9.18 Å². The molecule has 1 aromatic rings. The van der Waals surface area contributed by atoms with Gasteiger partial charge in [-0.1, -0.05) is 17.7 Å². The smallest absolute Gasteiger partial charge is 0.224 e. The Morgan fingerprint density at radius 3 is 2.89 bits per heavy atom. The van der Waals surface area contributed by atoms with Gasteiger partial charge in [-0.2, -0.15) is 0 Å². The van der Waals surface area contributed by atoms with Crippen LogP contribution in [0, 0.1) is 11.7 Å². The Hall–Kier alpha value is -0.840. The summed E-state index contributed by atoms with van der Waals surface area (Å²) in [6.45, 7) is 3.44. The van der Waals surface area contributed by atoms with Crippen molar-refractivity contribution < 1.29 is 9.18 Å². The van der Waals surface area contributed by atoms with Gasteiger partial charge in [0, 0.05) is 11.6 Å². The van der Waals surface area contributed by atoms with E-state index in [4.69, 9.17) is 11.6 Å². The minimum Gasteiger partial charge on any atom is -0.349 e. The van der Waals surface area contributed by atoms with Crippen molar-refractivity contribution in [1.29, 1.82) is 0 Å². The summed E-state index contributed by atoms with van der Waals surface area (Å²) in [5.41, 5.74) is 0.734. The molecule has 1 aromatic carbocycles. The first-order chi connectivity index (χ1) is 8.58. The second-order valence-corrected chi connectivity index (χ2v) is 4.99. The normalized spacial score (nSPS) is 19.6. The van der Waals surface area contributed by atoms with Crippen molar-refractivity contribution in [2.24, 2.45) is 5.92 Å². The summed E-state index contributed by atoms with van der Waals surface area (Å²) in [4.78, 5) is 11.9. The number of carbonyl (C=O) groups is 1. The van der Waals surface area contributed by atoms with Crippen LogP contribution in [-0.2, 0) is 4.79 Å². The number of hydrogen-bond donors (Lipinski definition) is 2. The van der Waals surface area contributed by atoms with Gasteiger partial charge in [-0.25, -0.2) is 4.39 Å². The molecule has 3 nitrogen and oxygen atoms in total. The molecule has 2 N–H and O–H groups in total. The molecule has 0 radical (unpaired) electrons. The van der Waals surface area contributed by atoms with Crippen molar-refractivity contribution in [3.8, 4) is 0 Å². The molecule has 1 fully saturated rings. The number of nitrogens with one attached hydrogen (secondary N) is 2. The standard InChI is InChI=1S/C13H16ClFN2O.ClH/c1-8(11-3-2-10(15)6-12(11)14)17-13(18)9-4-5-16-7-9;/h2-3,6,8-9,16H,4-5,7H2,1H3,(H,17,18);1H. The van der Waals surface area contributed by atoms with Gasteiger partial charge in [0.15, 0.2) is 0 Å². The van der Waals surface area contributed by atoms with Crippen LogP contribution in [-0.4, -0.2) is 19.0 Å². The van der Waals surface area contributed by atoms with Gasteiger partial charge in [-0.05, 0) is 37.6 Å². The Bertz CT molecular complexity index is 450. The summed E-state index contributed by atoms with van der Waals surface area (Å²) < 4.78 is 12.9. The highest BCUT2D eigenvalue weighted by atomic mass is 35.5. The topological polar surface area (TPSA) is 41.1 Å². The molecule has 0 saturated carbocycles. The average Bonchev–Trinajstić information content (AvgIpc) is 2.81. The van der Waals surface area contributed by atoms with Gasteiger partial charge < -0.3 is 10.6 Å². The van der Waals surface area contributed by atoms with E-state index in [0.29, 0.717) is 5.02 Å². The Labute approximate surface area is 123 Å². The fraction of sp³-hybridized carbons (Fsp3) is 0.462. The van der Waals surface area contributed by atoms with Crippen LogP contribution in [0.4, 0.5) is 4.39 Å². The lowest BCUT2D eigenvalue weighted by Gasteiger charge is -2.18. The lowest BCUT2D eigenvalue weighted by atomic mass is 10.1. The molecule has 106 valence electrons. The van der Waals surface area contributed by atoms with Crippen LogP contribution < -0.4 is 10.6 Å². The summed E-state index contributed by atoms with van der Waals surface area (Å²) in [5.74, 6) is -0.332. The Morgan fingerprint density at radius 1 is 1.58 bits per heavy atom. The monoisotopic (exact) mass is 306 g/mol. The van der Waals surface area contributed by atoms with Crippen molar-refractivity contribution in [1.82, 2.24) is 10.6 Å². The van der Waals surface area contributed by atoms with Crippen molar-refractivity contribution in [3.05, 3.63) is 34.6 Å². The van der Waals surface area contributed by atoms with E-state index in [1.54, 1.807) is 6.07 Å². The zero-order valence-corrected chi connectivity index (χ0v) is 12.2. The van der Waals surface area contributed by atoms with Crippen LogP contribution in [0.5, 0.6) is 0 Å². The maximum absolute atomic E-state index is 12.9. The van der Waals surface area contributed by atoms with Crippen LogP contribution >= 0.6 is 24.0 Å². The van der Waals surface area contributed by atoms with Gasteiger partial charge in [0.1, 0.15) is 5.82 Å². The molecule has 2 rings (SSSR count). The van der Waals surface area contributed by atoms with E-state index in [1.807, 2.05) is 6.92 Å². The Kier molecular flexibility index (Phi) is 6.04. The Morgan fingerprint density at radius 2 is 2.32 bits per heavy atom. The lowest BCUT2D eigenvalue weighted by molar-refractivity contribution is -0.125. The zero-order valence-electron chi connectivity index (χ0n) is 10.6. The largest absolute Gasteiger partial charge is 0.349 e. The molecule has 1 amide bonds. The molecule has 2 atom stereocenters. The minimum absolute atomic E-state index is 0. The molecule has 0 spiro atoms. The molecule has 6 heteroatoms. The van der Waals surface area contributed by atoms with Crippen LogP contribution in [0.3, 0.4) is 0 Å². The summed E-state index contributed by atoms with van der Waals surface area (Å²) in [7, 11) is 0. The highest BCUT2D eigenvalue weighted by molar-refractivity contribution is 6.31. The number of benzene rings is 1. The first-order valence-corrected chi connectivity index (χ1v) is 6.42. The SMILES string of the molecule is CC(NC(=O)C1CCNC1)c1ccc(F)cc1Cl.Cl. The van der Waals surface area contributed by atoms with Gasteiger partial charge in [0.25, 0.3) is 0 Å². The highest BCUT2D eigenvalue weighted by Crippen LogP contribution is 2.24. The van der Waals surface area contributed by atoms with Crippen LogP contribution in [0.1, 0.15) is 24.9 Å². The third kappa shape index (κ3) is 4.06. The summed E-state index contributed by atoms with van der Waals surface area (Å²) >= 11 is 5.96. The fourth-order valence-corrected chi connectivity index (χ4v) is 2.47. The van der Waals surface area contributed by atoms with Crippen molar-refractivity contribution >= 4 is 29.9 Å². The summed E-state index contributed by atoms with van der Waals surface area (Å²) in [6.07, 6.45) is 0.857. The average molecular weight is 307 g/mol. The molecule has 2 unspecified atom stereocenters. The number of rotatable bonds is 3. The molecule has 19 heavy (non-hydrogen) atoms. The van der Waals surface area contributed by atoms with E-state index in [-0.39, 0.29) is 36.1 Å². The number of halogens is 3. The quantitative estimate of drug-likeness (QED) is 0.901. The predicted octanol–water partition coefficient (Wildman–Crippen LogP) is 2.69. The second kappa shape index (κ2) is 7.08. The molecule has 0 bridgehead atoms.